The fraction of sp³-hybridized carbons (Fsp3) is 0.435. The van der Waals surface area contributed by atoms with E-state index in [1.807, 2.05) is 26.0 Å². The molecule has 0 radical (unpaired) electrons. The van der Waals surface area contributed by atoms with Crippen LogP contribution in [0.2, 0.25) is 0 Å². The molecule has 0 aliphatic heterocycles. The van der Waals surface area contributed by atoms with Gasteiger partial charge in [-0.3, -0.25) is 4.79 Å². The second kappa shape index (κ2) is 9.58. The van der Waals surface area contributed by atoms with Gasteiger partial charge in [-0.05, 0) is 68.7 Å². The molecule has 1 N–H and O–H groups in total. The number of hydrogen-bond donors (Lipinski definition) is 1. The molecular formula is C23H28FNO3. The van der Waals surface area contributed by atoms with Gasteiger partial charge in [-0.25, -0.2) is 4.39 Å². The number of rotatable bonds is 7. The molecule has 0 bridgehead atoms. The predicted molar refractivity (Wildman–Crippen MR) is 108 cm³/mol. The van der Waals surface area contributed by atoms with Gasteiger partial charge >= 0.3 is 0 Å². The summed E-state index contributed by atoms with van der Waals surface area (Å²) in [5.41, 5.74) is 1.63. The number of carbonyl (C=O) groups is 1. The van der Waals surface area contributed by atoms with Crippen LogP contribution in [0.1, 0.15) is 61.4 Å². The van der Waals surface area contributed by atoms with Crippen molar-refractivity contribution in [1.29, 1.82) is 0 Å². The summed E-state index contributed by atoms with van der Waals surface area (Å²) in [5.74, 6) is 1.21. The van der Waals surface area contributed by atoms with E-state index in [0.717, 1.165) is 42.7 Å². The third-order valence-electron chi connectivity index (χ3n) is 5.18. The van der Waals surface area contributed by atoms with Crippen LogP contribution in [0.3, 0.4) is 0 Å². The van der Waals surface area contributed by atoms with Crippen molar-refractivity contribution in [2.24, 2.45) is 0 Å². The Morgan fingerprint density at radius 1 is 1.00 bits per heavy atom. The quantitative estimate of drug-likeness (QED) is 0.723. The van der Waals surface area contributed by atoms with Crippen molar-refractivity contribution in [3.05, 3.63) is 59.4 Å². The standard InChI is InChI=1S/C23H28FNO3/c1-3-27-21-14-11-17(15-22(21)28-4-2)19-7-5-6-8-20(19)25-23(26)16-9-12-18(24)13-10-16/h9-15,19-20H,3-8H2,1-2H3,(H,25,26)/t19-,20-/m1/s1. The van der Waals surface area contributed by atoms with Crippen LogP contribution in [0.5, 0.6) is 11.5 Å². The molecule has 1 fully saturated rings. The van der Waals surface area contributed by atoms with Gasteiger partial charge in [0.15, 0.2) is 11.5 Å². The molecular weight excluding hydrogens is 357 g/mol. The summed E-state index contributed by atoms with van der Waals surface area (Å²) in [5, 5.41) is 3.16. The molecule has 28 heavy (non-hydrogen) atoms. The first-order chi connectivity index (χ1) is 13.6. The Morgan fingerprint density at radius 3 is 2.39 bits per heavy atom. The second-order valence-corrected chi connectivity index (χ2v) is 7.05. The Morgan fingerprint density at radius 2 is 1.68 bits per heavy atom. The van der Waals surface area contributed by atoms with Gasteiger partial charge in [-0.2, -0.15) is 0 Å². The molecule has 0 heterocycles. The number of nitrogens with one attached hydrogen (secondary N) is 1. The normalized spacial score (nSPS) is 19.1. The minimum atomic E-state index is -0.343. The highest BCUT2D eigenvalue weighted by Crippen LogP contribution is 2.38. The maximum Gasteiger partial charge on any atom is 0.251 e. The molecule has 5 heteroatoms. The van der Waals surface area contributed by atoms with Crippen molar-refractivity contribution >= 4 is 5.91 Å². The Labute approximate surface area is 166 Å². The molecule has 2 atom stereocenters. The summed E-state index contributed by atoms with van der Waals surface area (Å²) >= 11 is 0. The summed E-state index contributed by atoms with van der Waals surface area (Å²) in [7, 11) is 0. The van der Waals surface area contributed by atoms with Crippen LogP contribution in [-0.4, -0.2) is 25.2 Å². The highest BCUT2D eigenvalue weighted by molar-refractivity contribution is 5.94. The van der Waals surface area contributed by atoms with Crippen LogP contribution in [0.15, 0.2) is 42.5 Å². The Balaban J connectivity index is 1.79. The van der Waals surface area contributed by atoms with E-state index in [-0.39, 0.29) is 23.7 Å². The number of amides is 1. The molecule has 1 aliphatic rings. The number of halogens is 1. The van der Waals surface area contributed by atoms with Gasteiger partial charge in [0.2, 0.25) is 0 Å². The molecule has 0 spiro atoms. The van der Waals surface area contributed by atoms with Crippen molar-refractivity contribution in [3.8, 4) is 11.5 Å². The first-order valence-electron chi connectivity index (χ1n) is 10.1. The van der Waals surface area contributed by atoms with Gasteiger partial charge in [0.05, 0.1) is 13.2 Å². The molecule has 0 unspecified atom stereocenters. The maximum atomic E-state index is 13.1. The van der Waals surface area contributed by atoms with E-state index in [2.05, 4.69) is 11.4 Å². The SMILES string of the molecule is CCOc1ccc([C@H]2CCCC[C@H]2NC(=O)c2ccc(F)cc2)cc1OCC. The summed E-state index contributed by atoms with van der Waals surface area (Å²) in [6.45, 7) is 5.05. The molecule has 3 rings (SSSR count). The van der Waals surface area contributed by atoms with Gasteiger partial charge in [-0.1, -0.05) is 18.9 Å². The van der Waals surface area contributed by atoms with Gasteiger partial charge < -0.3 is 14.8 Å². The second-order valence-electron chi connectivity index (χ2n) is 7.05. The van der Waals surface area contributed by atoms with Crippen molar-refractivity contribution < 1.29 is 18.7 Å². The fourth-order valence-corrected chi connectivity index (χ4v) is 3.85. The van der Waals surface area contributed by atoms with Gasteiger partial charge in [0, 0.05) is 17.5 Å². The lowest BCUT2D eigenvalue weighted by atomic mass is 9.79. The number of carbonyl (C=O) groups excluding carboxylic acids is 1. The largest absolute Gasteiger partial charge is 0.490 e. The zero-order chi connectivity index (χ0) is 19.9. The van der Waals surface area contributed by atoms with Crippen molar-refractivity contribution in [2.45, 2.75) is 51.5 Å². The van der Waals surface area contributed by atoms with Crippen LogP contribution in [0.4, 0.5) is 4.39 Å². The smallest absolute Gasteiger partial charge is 0.251 e. The Hall–Kier alpha value is -2.56. The maximum absolute atomic E-state index is 13.1. The van der Waals surface area contributed by atoms with Crippen LogP contribution in [-0.2, 0) is 0 Å². The van der Waals surface area contributed by atoms with E-state index in [0.29, 0.717) is 18.8 Å². The first-order valence-corrected chi connectivity index (χ1v) is 10.1. The Bertz CT molecular complexity index is 791. The van der Waals surface area contributed by atoms with Crippen molar-refractivity contribution in [3.63, 3.8) is 0 Å². The van der Waals surface area contributed by atoms with E-state index in [4.69, 9.17) is 9.47 Å². The molecule has 0 saturated heterocycles. The third-order valence-corrected chi connectivity index (χ3v) is 5.18. The van der Waals surface area contributed by atoms with Gasteiger partial charge in [0.1, 0.15) is 5.82 Å². The minimum absolute atomic E-state index is 0.0405. The lowest BCUT2D eigenvalue weighted by molar-refractivity contribution is 0.0920. The number of hydrogen-bond acceptors (Lipinski definition) is 3. The number of ether oxygens (including phenoxy) is 2. The zero-order valence-corrected chi connectivity index (χ0v) is 16.5. The van der Waals surface area contributed by atoms with E-state index >= 15 is 0 Å². The molecule has 2 aromatic rings. The fourth-order valence-electron chi connectivity index (χ4n) is 3.85. The molecule has 4 nitrogen and oxygen atoms in total. The van der Waals surface area contributed by atoms with Crippen LogP contribution >= 0.6 is 0 Å². The van der Waals surface area contributed by atoms with Crippen LogP contribution in [0.25, 0.3) is 0 Å². The highest BCUT2D eigenvalue weighted by atomic mass is 19.1. The zero-order valence-electron chi connectivity index (χ0n) is 16.5. The minimum Gasteiger partial charge on any atom is -0.490 e. The Kier molecular flexibility index (Phi) is 6.90. The molecule has 0 aromatic heterocycles. The highest BCUT2D eigenvalue weighted by Gasteiger charge is 2.29. The summed E-state index contributed by atoms with van der Waals surface area (Å²) < 4.78 is 24.6. The van der Waals surface area contributed by atoms with Crippen molar-refractivity contribution in [1.82, 2.24) is 5.32 Å². The monoisotopic (exact) mass is 385 g/mol. The molecule has 1 aliphatic carbocycles. The predicted octanol–water partition coefficient (Wildman–Crippen LogP) is 5.08. The summed E-state index contributed by atoms with van der Waals surface area (Å²) in [4.78, 5) is 12.6. The van der Waals surface area contributed by atoms with E-state index in [9.17, 15) is 9.18 Å². The molecule has 2 aromatic carbocycles. The van der Waals surface area contributed by atoms with E-state index < -0.39 is 0 Å². The summed E-state index contributed by atoms with van der Waals surface area (Å²) in [6, 6.07) is 11.8. The lowest BCUT2D eigenvalue weighted by Crippen LogP contribution is -2.41. The van der Waals surface area contributed by atoms with Crippen LogP contribution < -0.4 is 14.8 Å². The average Bonchev–Trinajstić information content (AvgIpc) is 2.70. The van der Waals surface area contributed by atoms with Crippen molar-refractivity contribution in [2.75, 3.05) is 13.2 Å². The van der Waals surface area contributed by atoms with Gasteiger partial charge in [-0.15, -0.1) is 0 Å². The molecule has 1 saturated carbocycles. The molecule has 150 valence electrons. The summed E-state index contributed by atoms with van der Waals surface area (Å²) in [6.07, 6.45) is 4.15. The molecule has 1 amide bonds. The lowest BCUT2D eigenvalue weighted by Gasteiger charge is -2.33. The van der Waals surface area contributed by atoms with E-state index in [1.165, 1.54) is 24.3 Å². The number of benzene rings is 2. The van der Waals surface area contributed by atoms with E-state index in [1.54, 1.807) is 0 Å². The first kappa shape index (κ1) is 20.2. The van der Waals surface area contributed by atoms with Gasteiger partial charge in [0.25, 0.3) is 5.91 Å². The third kappa shape index (κ3) is 4.83. The average molecular weight is 385 g/mol. The topological polar surface area (TPSA) is 47.6 Å². The van der Waals surface area contributed by atoms with Crippen LogP contribution in [0, 0.1) is 5.82 Å².